The highest BCUT2D eigenvalue weighted by Crippen LogP contribution is 2.37. The molecule has 0 unspecified atom stereocenters. The maximum Gasteiger partial charge on any atom is 0.113 e. The SMILES string of the molecule is C[C@@H]1[C@@H](OCc2ccccc2)[C@H](OCc2ccccc2)[C@@H](OCc2ccccc2)CN1C[C@H]1CC[C@H](c2ccccc2)CC1. The molecule has 230 valence electrons. The van der Waals surface area contributed by atoms with Crippen molar-refractivity contribution in [2.75, 3.05) is 13.1 Å². The number of hydrogen-bond donors (Lipinski definition) is 0. The van der Waals surface area contributed by atoms with Crippen LogP contribution in [0.4, 0.5) is 0 Å². The predicted octanol–water partition coefficient (Wildman–Crippen LogP) is 8.42. The molecule has 0 radical (unpaired) electrons. The van der Waals surface area contributed by atoms with E-state index in [1.807, 2.05) is 0 Å². The number of hydrogen-bond acceptors (Lipinski definition) is 4. The summed E-state index contributed by atoms with van der Waals surface area (Å²) in [5.74, 6) is 1.37. The minimum Gasteiger partial charge on any atom is -0.369 e. The second-order valence-electron chi connectivity index (χ2n) is 12.7. The van der Waals surface area contributed by atoms with Crippen LogP contribution in [0.3, 0.4) is 0 Å². The second kappa shape index (κ2) is 15.6. The average Bonchev–Trinajstić information content (AvgIpc) is 3.09. The highest BCUT2D eigenvalue weighted by atomic mass is 16.6. The Morgan fingerprint density at radius 3 is 1.52 bits per heavy atom. The lowest BCUT2D eigenvalue weighted by atomic mass is 9.78. The molecule has 0 amide bonds. The van der Waals surface area contributed by atoms with Crippen LogP contribution < -0.4 is 0 Å². The third-order valence-corrected chi connectivity index (χ3v) is 9.64. The summed E-state index contributed by atoms with van der Waals surface area (Å²) in [5, 5.41) is 0. The number of benzene rings is 4. The summed E-state index contributed by atoms with van der Waals surface area (Å²) in [6.07, 6.45) is 4.67. The summed E-state index contributed by atoms with van der Waals surface area (Å²) in [5.41, 5.74) is 5.03. The number of nitrogens with zero attached hydrogens (tertiary/aromatic N) is 1. The summed E-state index contributed by atoms with van der Waals surface area (Å²) >= 11 is 0. The topological polar surface area (TPSA) is 30.9 Å². The summed E-state index contributed by atoms with van der Waals surface area (Å²) in [7, 11) is 0. The molecule has 1 saturated heterocycles. The summed E-state index contributed by atoms with van der Waals surface area (Å²) in [4.78, 5) is 2.64. The van der Waals surface area contributed by atoms with E-state index in [-0.39, 0.29) is 24.4 Å². The van der Waals surface area contributed by atoms with Gasteiger partial charge in [-0.05, 0) is 66.7 Å². The van der Waals surface area contributed by atoms with Gasteiger partial charge in [0.15, 0.2) is 0 Å². The molecular weight excluding hydrogens is 542 g/mol. The molecule has 2 aliphatic rings. The lowest BCUT2D eigenvalue weighted by Crippen LogP contribution is -2.63. The number of rotatable bonds is 12. The van der Waals surface area contributed by atoms with Gasteiger partial charge in [0.1, 0.15) is 12.2 Å². The van der Waals surface area contributed by atoms with Crippen LogP contribution in [0.5, 0.6) is 0 Å². The smallest absolute Gasteiger partial charge is 0.113 e. The Hall–Kier alpha value is -3.28. The highest BCUT2D eigenvalue weighted by molar-refractivity contribution is 5.20. The van der Waals surface area contributed by atoms with Gasteiger partial charge in [0.05, 0.1) is 25.9 Å². The summed E-state index contributed by atoms with van der Waals surface area (Å²) in [6, 6.07) is 42.7. The maximum absolute atomic E-state index is 6.81. The lowest BCUT2D eigenvalue weighted by molar-refractivity contribution is -0.202. The van der Waals surface area contributed by atoms with Gasteiger partial charge in [-0.3, -0.25) is 4.90 Å². The largest absolute Gasteiger partial charge is 0.369 e. The first-order chi connectivity index (χ1) is 21.7. The molecule has 1 heterocycles. The van der Waals surface area contributed by atoms with E-state index in [9.17, 15) is 0 Å². The van der Waals surface area contributed by atoms with Crippen LogP contribution >= 0.6 is 0 Å². The molecule has 4 nitrogen and oxygen atoms in total. The molecule has 0 N–H and O–H groups in total. The van der Waals surface area contributed by atoms with Crippen molar-refractivity contribution in [1.82, 2.24) is 4.90 Å². The Morgan fingerprint density at radius 1 is 0.545 bits per heavy atom. The van der Waals surface area contributed by atoms with Gasteiger partial charge in [0, 0.05) is 19.1 Å². The Labute approximate surface area is 264 Å². The van der Waals surface area contributed by atoms with Gasteiger partial charge >= 0.3 is 0 Å². The molecule has 0 bridgehead atoms. The zero-order chi connectivity index (χ0) is 30.0. The molecule has 1 saturated carbocycles. The van der Waals surface area contributed by atoms with Crippen molar-refractivity contribution in [2.45, 2.75) is 82.7 Å². The first-order valence-electron chi connectivity index (χ1n) is 16.5. The van der Waals surface area contributed by atoms with Crippen molar-refractivity contribution in [2.24, 2.45) is 5.92 Å². The standard InChI is InChI=1S/C40H47NO3/c1-31-39(43-29-34-16-8-3-9-17-34)40(44-30-35-18-10-4-11-19-35)38(42-28-33-14-6-2-7-15-33)27-41(31)26-32-22-24-37(25-23-32)36-20-12-5-13-21-36/h2-21,31-32,37-40H,22-30H2,1H3/t31-,32-,37-,38+,39-,40-/m1/s1. The third-order valence-electron chi connectivity index (χ3n) is 9.64. The van der Waals surface area contributed by atoms with E-state index in [0.29, 0.717) is 31.7 Å². The van der Waals surface area contributed by atoms with Crippen molar-refractivity contribution in [3.8, 4) is 0 Å². The quantitative estimate of drug-likeness (QED) is 0.166. The molecule has 4 aromatic rings. The van der Waals surface area contributed by atoms with Crippen LogP contribution in [-0.4, -0.2) is 42.3 Å². The van der Waals surface area contributed by atoms with E-state index in [1.54, 1.807) is 0 Å². The molecule has 4 aromatic carbocycles. The second-order valence-corrected chi connectivity index (χ2v) is 12.7. The highest BCUT2D eigenvalue weighted by Gasteiger charge is 2.44. The molecule has 44 heavy (non-hydrogen) atoms. The van der Waals surface area contributed by atoms with Gasteiger partial charge in [0.25, 0.3) is 0 Å². The molecule has 0 spiro atoms. The molecule has 2 fully saturated rings. The van der Waals surface area contributed by atoms with Gasteiger partial charge < -0.3 is 14.2 Å². The minimum absolute atomic E-state index is 0.100. The van der Waals surface area contributed by atoms with Crippen LogP contribution in [0.15, 0.2) is 121 Å². The summed E-state index contributed by atoms with van der Waals surface area (Å²) < 4.78 is 20.3. The van der Waals surface area contributed by atoms with Gasteiger partial charge in [0.2, 0.25) is 0 Å². The number of likely N-dealkylation sites (tertiary alicyclic amines) is 1. The van der Waals surface area contributed by atoms with Crippen LogP contribution in [0.25, 0.3) is 0 Å². The van der Waals surface area contributed by atoms with Crippen molar-refractivity contribution in [3.05, 3.63) is 144 Å². The summed E-state index contributed by atoms with van der Waals surface area (Å²) in [6.45, 7) is 5.91. The Balaban J connectivity index is 1.19. The molecule has 1 aliphatic carbocycles. The molecule has 4 atom stereocenters. The fourth-order valence-corrected chi connectivity index (χ4v) is 7.07. The van der Waals surface area contributed by atoms with E-state index < -0.39 is 0 Å². The van der Waals surface area contributed by atoms with Crippen LogP contribution in [-0.2, 0) is 34.0 Å². The lowest BCUT2D eigenvalue weighted by Gasteiger charge is -2.48. The first-order valence-corrected chi connectivity index (χ1v) is 16.5. The van der Waals surface area contributed by atoms with Gasteiger partial charge in [-0.2, -0.15) is 0 Å². The van der Waals surface area contributed by atoms with Crippen molar-refractivity contribution >= 4 is 0 Å². The van der Waals surface area contributed by atoms with E-state index >= 15 is 0 Å². The Bertz CT molecular complexity index is 1360. The van der Waals surface area contributed by atoms with Gasteiger partial charge in [-0.1, -0.05) is 121 Å². The number of ether oxygens (including phenoxy) is 3. The van der Waals surface area contributed by atoms with E-state index in [2.05, 4.69) is 133 Å². The first kappa shape index (κ1) is 30.7. The third kappa shape index (κ3) is 8.25. The Kier molecular flexibility index (Phi) is 10.9. The fourth-order valence-electron chi connectivity index (χ4n) is 7.07. The van der Waals surface area contributed by atoms with Crippen LogP contribution in [0.1, 0.15) is 60.8 Å². The fraction of sp³-hybridized carbons (Fsp3) is 0.400. The molecule has 6 rings (SSSR count). The zero-order valence-electron chi connectivity index (χ0n) is 26.0. The maximum atomic E-state index is 6.81. The average molecular weight is 590 g/mol. The van der Waals surface area contributed by atoms with E-state index in [4.69, 9.17) is 14.2 Å². The van der Waals surface area contributed by atoms with Gasteiger partial charge in [-0.25, -0.2) is 0 Å². The zero-order valence-corrected chi connectivity index (χ0v) is 26.0. The van der Waals surface area contributed by atoms with Crippen LogP contribution in [0, 0.1) is 5.92 Å². The predicted molar refractivity (Wildman–Crippen MR) is 177 cm³/mol. The normalized spacial score (nSPS) is 25.9. The van der Waals surface area contributed by atoms with Crippen molar-refractivity contribution in [1.29, 1.82) is 0 Å². The van der Waals surface area contributed by atoms with Gasteiger partial charge in [-0.15, -0.1) is 0 Å². The number of piperidine rings is 1. The van der Waals surface area contributed by atoms with Crippen molar-refractivity contribution in [3.63, 3.8) is 0 Å². The van der Waals surface area contributed by atoms with Crippen LogP contribution in [0.2, 0.25) is 0 Å². The van der Waals surface area contributed by atoms with Crippen molar-refractivity contribution < 1.29 is 14.2 Å². The molecule has 1 aliphatic heterocycles. The van der Waals surface area contributed by atoms with E-state index in [0.717, 1.165) is 13.1 Å². The minimum atomic E-state index is -0.178. The Morgan fingerprint density at radius 2 is 1.00 bits per heavy atom. The van der Waals surface area contributed by atoms with E-state index in [1.165, 1.54) is 47.9 Å². The molecular formula is C40H47NO3. The molecule has 0 aromatic heterocycles. The monoisotopic (exact) mass is 589 g/mol. The molecule has 4 heteroatoms.